The van der Waals surface area contributed by atoms with E-state index in [0.29, 0.717) is 5.92 Å². The molecule has 0 heterocycles. The summed E-state index contributed by atoms with van der Waals surface area (Å²) >= 11 is 0. The van der Waals surface area contributed by atoms with Gasteiger partial charge in [-0.15, -0.1) is 0 Å². The first-order valence-electron chi connectivity index (χ1n) is 2.92. The standard InChI is InChI=1S/C6H11O/c1-5(4-7)6-2-3-6/h5-6H,2-4H2,1H3. The Labute approximate surface area is 44.4 Å². The maximum absolute atomic E-state index is 10.1. The van der Waals surface area contributed by atoms with Crippen LogP contribution in [0.5, 0.6) is 0 Å². The Hall–Kier alpha value is -0.0400. The summed E-state index contributed by atoms with van der Waals surface area (Å²) in [6.45, 7) is 2.18. The van der Waals surface area contributed by atoms with Crippen molar-refractivity contribution in [1.82, 2.24) is 0 Å². The van der Waals surface area contributed by atoms with E-state index in [2.05, 4.69) is 0 Å². The molecule has 0 bridgehead atoms. The average Bonchev–Trinajstić information content (AvgIpc) is 2.44. The van der Waals surface area contributed by atoms with E-state index in [1.807, 2.05) is 6.92 Å². The summed E-state index contributed by atoms with van der Waals surface area (Å²) in [5.41, 5.74) is 0. The normalized spacial score (nSPS) is 24.9. The molecule has 1 nitrogen and oxygen atoms in total. The van der Waals surface area contributed by atoms with Crippen LogP contribution in [0.3, 0.4) is 0 Å². The zero-order valence-corrected chi connectivity index (χ0v) is 4.68. The topological polar surface area (TPSA) is 19.9 Å². The fourth-order valence-corrected chi connectivity index (χ4v) is 0.801. The number of hydrogen-bond donors (Lipinski definition) is 0. The van der Waals surface area contributed by atoms with Crippen molar-refractivity contribution in [1.29, 1.82) is 0 Å². The molecule has 1 aliphatic rings. The summed E-state index contributed by atoms with van der Waals surface area (Å²) in [5, 5.41) is 10.1. The van der Waals surface area contributed by atoms with E-state index in [9.17, 15) is 5.11 Å². The lowest BCUT2D eigenvalue weighted by atomic mass is 10.1. The van der Waals surface area contributed by atoms with E-state index >= 15 is 0 Å². The predicted octanol–water partition coefficient (Wildman–Crippen LogP) is 1.46. The Morgan fingerprint density at radius 3 is 2.43 bits per heavy atom. The van der Waals surface area contributed by atoms with Gasteiger partial charge < -0.3 is 0 Å². The molecule has 0 N–H and O–H groups in total. The third kappa shape index (κ3) is 1.16. The van der Waals surface area contributed by atoms with Gasteiger partial charge >= 0.3 is 0 Å². The summed E-state index contributed by atoms with van der Waals surface area (Å²) in [5.74, 6) is 1.26. The van der Waals surface area contributed by atoms with Crippen LogP contribution in [0.15, 0.2) is 0 Å². The predicted molar refractivity (Wildman–Crippen MR) is 27.4 cm³/mol. The summed E-state index contributed by atoms with van der Waals surface area (Å²) in [4.78, 5) is 0. The second-order valence-electron chi connectivity index (χ2n) is 2.48. The highest BCUT2D eigenvalue weighted by Gasteiger charge is 2.27. The van der Waals surface area contributed by atoms with Gasteiger partial charge in [-0.1, -0.05) is 6.92 Å². The van der Waals surface area contributed by atoms with Crippen molar-refractivity contribution in [2.75, 3.05) is 6.61 Å². The van der Waals surface area contributed by atoms with Gasteiger partial charge in [-0.05, 0) is 24.7 Å². The summed E-state index contributed by atoms with van der Waals surface area (Å²) in [6, 6.07) is 0. The van der Waals surface area contributed by atoms with Crippen molar-refractivity contribution in [3.8, 4) is 0 Å². The molecule has 41 valence electrons. The van der Waals surface area contributed by atoms with Crippen molar-refractivity contribution in [3.63, 3.8) is 0 Å². The zero-order valence-electron chi connectivity index (χ0n) is 4.68. The lowest BCUT2D eigenvalue weighted by molar-refractivity contribution is 0.141. The minimum Gasteiger partial charge on any atom is -0.236 e. The Morgan fingerprint density at radius 1 is 1.71 bits per heavy atom. The Morgan fingerprint density at radius 2 is 2.29 bits per heavy atom. The highest BCUT2D eigenvalue weighted by Crippen LogP contribution is 2.35. The largest absolute Gasteiger partial charge is 0.236 e. The highest BCUT2D eigenvalue weighted by molar-refractivity contribution is 4.77. The molecule has 0 aromatic rings. The molecule has 0 spiro atoms. The number of hydrogen-bond acceptors (Lipinski definition) is 0. The van der Waals surface area contributed by atoms with Crippen LogP contribution in [0, 0.1) is 11.8 Å². The van der Waals surface area contributed by atoms with E-state index in [1.54, 1.807) is 0 Å². The van der Waals surface area contributed by atoms with Gasteiger partial charge in [-0.25, -0.2) is 5.11 Å². The molecule has 0 aromatic carbocycles. The van der Waals surface area contributed by atoms with Crippen LogP contribution in [0.2, 0.25) is 0 Å². The Kier molecular flexibility index (Phi) is 1.33. The Bertz CT molecular complexity index is 57.2. The maximum Gasteiger partial charge on any atom is 0.0850 e. The van der Waals surface area contributed by atoms with Crippen LogP contribution >= 0.6 is 0 Å². The summed E-state index contributed by atoms with van der Waals surface area (Å²) < 4.78 is 0. The molecule has 0 amide bonds. The van der Waals surface area contributed by atoms with Gasteiger partial charge in [0.25, 0.3) is 0 Å². The van der Waals surface area contributed by atoms with Crippen molar-refractivity contribution >= 4 is 0 Å². The molecule has 1 heteroatoms. The highest BCUT2D eigenvalue weighted by atomic mass is 16.3. The van der Waals surface area contributed by atoms with Crippen LogP contribution in [-0.4, -0.2) is 6.61 Å². The molecule has 7 heavy (non-hydrogen) atoms. The van der Waals surface area contributed by atoms with Gasteiger partial charge in [0.1, 0.15) is 0 Å². The van der Waals surface area contributed by atoms with Gasteiger partial charge in [-0.2, -0.15) is 0 Å². The van der Waals surface area contributed by atoms with E-state index in [0.717, 1.165) is 5.92 Å². The molecular weight excluding hydrogens is 88.1 g/mol. The van der Waals surface area contributed by atoms with Crippen molar-refractivity contribution in [2.24, 2.45) is 11.8 Å². The van der Waals surface area contributed by atoms with Crippen LogP contribution in [0.4, 0.5) is 0 Å². The van der Waals surface area contributed by atoms with Crippen molar-refractivity contribution in [3.05, 3.63) is 0 Å². The molecule has 1 aliphatic carbocycles. The third-order valence-electron chi connectivity index (χ3n) is 1.69. The Balaban J connectivity index is 2.10. The van der Waals surface area contributed by atoms with Gasteiger partial charge in [0.2, 0.25) is 0 Å². The molecule has 0 saturated heterocycles. The minimum absolute atomic E-state index is 0.130. The third-order valence-corrected chi connectivity index (χ3v) is 1.69. The second kappa shape index (κ2) is 1.83. The summed E-state index contributed by atoms with van der Waals surface area (Å²) in [6.07, 6.45) is 2.62. The van der Waals surface area contributed by atoms with Gasteiger partial charge in [0.05, 0.1) is 6.61 Å². The smallest absolute Gasteiger partial charge is 0.0850 e. The minimum atomic E-state index is 0.130. The first-order valence-corrected chi connectivity index (χ1v) is 2.92. The van der Waals surface area contributed by atoms with Crippen LogP contribution in [0.1, 0.15) is 19.8 Å². The maximum atomic E-state index is 10.1. The molecule has 1 radical (unpaired) electrons. The first-order chi connectivity index (χ1) is 3.34. The SMILES string of the molecule is CC(C[O])C1CC1. The fraction of sp³-hybridized carbons (Fsp3) is 1.00. The van der Waals surface area contributed by atoms with E-state index in [1.165, 1.54) is 12.8 Å². The molecule has 0 aliphatic heterocycles. The fourth-order valence-electron chi connectivity index (χ4n) is 0.801. The lowest BCUT2D eigenvalue weighted by Gasteiger charge is -1.99. The average molecular weight is 99.2 g/mol. The van der Waals surface area contributed by atoms with Crippen LogP contribution in [-0.2, 0) is 5.11 Å². The van der Waals surface area contributed by atoms with Crippen LogP contribution < -0.4 is 0 Å². The molecule has 0 aromatic heterocycles. The molecule has 1 saturated carbocycles. The van der Waals surface area contributed by atoms with E-state index < -0.39 is 0 Å². The molecule has 1 fully saturated rings. The van der Waals surface area contributed by atoms with Crippen molar-refractivity contribution < 1.29 is 5.11 Å². The quantitative estimate of drug-likeness (QED) is 0.499. The first kappa shape index (κ1) is 5.10. The van der Waals surface area contributed by atoms with Gasteiger partial charge in [-0.3, -0.25) is 0 Å². The molecule has 1 unspecified atom stereocenters. The lowest BCUT2D eigenvalue weighted by Crippen LogP contribution is -2.00. The van der Waals surface area contributed by atoms with E-state index in [-0.39, 0.29) is 6.61 Å². The second-order valence-corrected chi connectivity index (χ2v) is 2.48. The monoisotopic (exact) mass is 99.1 g/mol. The molecular formula is C6H11O. The van der Waals surface area contributed by atoms with Crippen molar-refractivity contribution in [2.45, 2.75) is 19.8 Å². The van der Waals surface area contributed by atoms with Gasteiger partial charge in [0, 0.05) is 0 Å². The zero-order chi connectivity index (χ0) is 5.28. The molecule has 1 atom stereocenters. The van der Waals surface area contributed by atoms with Gasteiger partial charge in [0.15, 0.2) is 0 Å². The molecule has 1 rings (SSSR count). The van der Waals surface area contributed by atoms with Crippen LogP contribution in [0.25, 0.3) is 0 Å². The number of rotatable bonds is 2. The summed E-state index contributed by atoms with van der Waals surface area (Å²) in [7, 11) is 0. The van der Waals surface area contributed by atoms with E-state index in [4.69, 9.17) is 0 Å².